The molecular weight excluding hydrogens is 433 g/mol. The molecule has 10 heteroatoms. The fourth-order valence-corrected chi connectivity index (χ4v) is 3.56. The van der Waals surface area contributed by atoms with Crippen molar-refractivity contribution in [1.29, 1.82) is 0 Å². The number of nitrogens with zero attached hydrogens (tertiary/aromatic N) is 3. The molecule has 0 spiro atoms. The maximum Gasteiger partial charge on any atom is 0.257 e. The van der Waals surface area contributed by atoms with Gasteiger partial charge in [-0.05, 0) is 43.3 Å². The molecule has 0 saturated carbocycles. The number of carbonyl (C=O) groups excluding carboxylic acids is 2. The molecule has 0 aliphatic carbocycles. The predicted molar refractivity (Wildman–Crippen MR) is 116 cm³/mol. The Morgan fingerprint density at radius 3 is 2.59 bits per heavy atom. The van der Waals surface area contributed by atoms with Gasteiger partial charge in [0, 0.05) is 16.5 Å². The molecular formula is C22H18FN5O3S. The van der Waals surface area contributed by atoms with E-state index in [2.05, 4.69) is 25.8 Å². The highest BCUT2D eigenvalue weighted by Gasteiger charge is 2.18. The highest BCUT2D eigenvalue weighted by Crippen LogP contribution is 2.20. The second-order valence-corrected chi connectivity index (χ2v) is 7.75. The number of hydrogen-bond donors (Lipinski definition) is 2. The van der Waals surface area contributed by atoms with Crippen molar-refractivity contribution in [2.75, 3.05) is 5.32 Å². The van der Waals surface area contributed by atoms with E-state index in [9.17, 15) is 14.0 Å². The van der Waals surface area contributed by atoms with Gasteiger partial charge in [0.2, 0.25) is 17.6 Å². The summed E-state index contributed by atoms with van der Waals surface area (Å²) in [5, 5.41) is 11.5. The molecule has 32 heavy (non-hydrogen) atoms. The number of hydrogen-bond acceptors (Lipinski definition) is 7. The molecule has 2 heterocycles. The van der Waals surface area contributed by atoms with E-state index in [0.717, 1.165) is 0 Å². The third kappa shape index (κ3) is 5.22. The number of anilines is 1. The minimum Gasteiger partial charge on any atom is -0.344 e. The van der Waals surface area contributed by atoms with E-state index in [1.165, 1.54) is 23.5 Å². The predicted octanol–water partition coefficient (Wildman–Crippen LogP) is 4.00. The van der Waals surface area contributed by atoms with Crippen LogP contribution in [-0.2, 0) is 11.2 Å². The lowest BCUT2D eigenvalue weighted by Gasteiger charge is -2.08. The number of aromatic nitrogens is 3. The number of amides is 2. The fraction of sp³-hybridized carbons (Fsp3) is 0.136. The Kier molecular flexibility index (Phi) is 6.31. The van der Waals surface area contributed by atoms with Crippen LogP contribution in [0.15, 0.2) is 64.5 Å². The van der Waals surface area contributed by atoms with Crippen molar-refractivity contribution in [2.45, 2.75) is 19.4 Å². The zero-order valence-corrected chi connectivity index (χ0v) is 17.7. The summed E-state index contributed by atoms with van der Waals surface area (Å²) in [4.78, 5) is 33.2. The Balaban J connectivity index is 1.32. The van der Waals surface area contributed by atoms with Crippen molar-refractivity contribution >= 4 is 28.3 Å². The molecule has 8 nitrogen and oxygen atoms in total. The van der Waals surface area contributed by atoms with Gasteiger partial charge in [-0.3, -0.25) is 14.9 Å². The van der Waals surface area contributed by atoms with Crippen molar-refractivity contribution in [3.8, 4) is 11.4 Å². The first-order valence-electron chi connectivity index (χ1n) is 9.67. The smallest absolute Gasteiger partial charge is 0.257 e. The average Bonchev–Trinajstić information content (AvgIpc) is 3.45. The summed E-state index contributed by atoms with van der Waals surface area (Å²) < 4.78 is 18.3. The van der Waals surface area contributed by atoms with Crippen molar-refractivity contribution in [3.63, 3.8) is 0 Å². The zero-order valence-electron chi connectivity index (χ0n) is 16.9. The second kappa shape index (κ2) is 9.48. The number of nitrogens with one attached hydrogen (secondary N) is 2. The van der Waals surface area contributed by atoms with Gasteiger partial charge >= 0.3 is 0 Å². The summed E-state index contributed by atoms with van der Waals surface area (Å²) in [7, 11) is 0. The summed E-state index contributed by atoms with van der Waals surface area (Å²) in [5.74, 6) is -0.378. The maximum atomic E-state index is 13.1. The third-order valence-corrected chi connectivity index (χ3v) is 5.25. The normalized spacial score (nSPS) is 11.7. The van der Waals surface area contributed by atoms with Crippen LogP contribution in [0.3, 0.4) is 0 Å². The number of thiazole rings is 1. The Bertz CT molecular complexity index is 1220. The Hall–Kier alpha value is -3.92. The van der Waals surface area contributed by atoms with Gasteiger partial charge in [-0.1, -0.05) is 23.4 Å². The largest absolute Gasteiger partial charge is 0.344 e. The molecule has 0 aliphatic heterocycles. The minimum atomic E-state index is -0.528. The van der Waals surface area contributed by atoms with Gasteiger partial charge in [0.1, 0.15) is 11.9 Å². The van der Waals surface area contributed by atoms with Gasteiger partial charge in [-0.25, -0.2) is 9.37 Å². The number of halogens is 1. The van der Waals surface area contributed by atoms with Crippen LogP contribution in [0.2, 0.25) is 0 Å². The van der Waals surface area contributed by atoms with E-state index in [-0.39, 0.29) is 29.9 Å². The van der Waals surface area contributed by atoms with Crippen LogP contribution in [-0.4, -0.2) is 26.9 Å². The Labute approximate surface area is 186 Å². The highest BCUT2D eigenvalue weighted by molar-refractivity contribution is 7.14. The standard InChI is InChI=1S/C22H18FN5O3S/c1-13(21-26-19(28-31-21)14-7-9-16(23)10-8-14)24-18(29)11-17-12-32-22(25-17)27-20(30)15-5-3-2-4-6-15/h2-10,12-13H,11H2,1H3,(H,24,29)(H,25,27,30). The first-order chi connectivity index (χ1) is 15.5. The molecule has 4 rings (SSSR count). The van der Waals surface area contributed by atoms with Crippen LogP contribution in [0.1, 0.15) is 34.9 Å². The third-order valence-electron chi connectivity index (χ3n) is 4.44. The molecule has 2 amide bonds. The lowest BCUT2D eigenvalue weighted by atomic mass is 10.2. The molecule has 1 atom stereocenters. The van der Waals surface area contributed by atoms with Crippen molar-refractivity contribution in [3.05, 3.63) is 82.9 Å². The molecule has 0 aliphatic rings. The van der Waals surface area contributed by atoms with E-state index in [1.807, 2.05) is 6.07 Å². The molecule has 2 aromatic carbocycles. The number of benzene rings is 2. The fourth-order valence-electron chi connectivity index (χ4n) is 2.85. The van der Waals surface area contributed by atoms with Gasteiger partial charge < -0.3 is 9.84 Å². The van der Waals surface area contributed by atoms with E-state index >= 15 is 0 Å². The minimum absolute atomic E-state index is 0.0288. The maximum absolute atomic E-state index is 13.1. The number of carbonyl (C=O) groups is 2. The molecule has 0 radical (unpaired) electrons. The van der Waals surface area contributed by atoms with E-state index in [1.54, 1.807) is 48.7 Å². The van der Waals surface area contributed by atoms with Crippen molar-refractivity contribution in [2.24, 2.45) is 0 Å². The first-order valence-corrected chi connectivity index (χ1v) is 10.6. The summed E-state index contributed by atoms with van der Waals surface area (Å²) in [6.07, 6.45) is 0.0288. The van der Waals surface area contributed by atoms with Crippen LogP contribution in [0, 0.1) is 5.82 Å². The van der Waals surface area contributed by atoms with Gasteiger partial charge in [-0.2, -0.15) is 4.98 Å². The monoisotopic (exact) mass is 451 g/mol. The first kappa shape index (κ1) is 21.3. The molecule has 2 N–H and O–H groups in total. The van der Waals surface area contributed by atoms with E-state index in [4.69, 9.17) is 4.52 Å². The highest BCUT2D eigenvalue weighted by atomic mass is 32.1. The van der Waals surface area contributed by atoms with E-state index < -0.39 is 6.04 Å². The van der Waals surface area contributed by atoms with Crippen molar-refractivity contribution < 1.29 is 18.5 Å². The zero-order chi connectivity index (χ0) is 22.5. The molecule has 4 aromatic rings. The summed E-state index contributed by atoms with van der Waals surface area (Å²) >= 11 is 1.24. The molecule has 0 fully saturated rings. The quantitative estimate of drug-likeness (QED) is 0.439. The molecule has 2 aromatic heterocycles. The second-order valence-electron chi connectivity index (χ2n) is 6.89. The van der Waals surface area contributed by atoms with Gasteiger partial charge in [0.05, 0.1) is 12.1 Å². The lowest BCUT2D eigenvalue weighted by molar-refractivity contribution is -0.121. The van der Waals surface area contributed by atoms with E-state index in [0.29, 0.717) is 27.8 Å². The SMILES string of the molecule is CC(NC(=O)Cc1csc(NC(=O)c2ccccc2)n1)c1nc(-c2ccc(F)cc2)no1. The topological polar surface area (TPSA) is 110 Å². The summed E-state index contributed by atoms with van der Waals surface area (Å²) in [6.45, 7) is 1.71. The van der Waals surface area contributed by atoms with Crippen LogP contribution in [0.5, 0.6) is 0 Å². The van der Waals surface area contributed by atoms with Crippen LogP contribution >= 0.6 is 11.3 Å². The van der Waals surface area contributed by atoms with Gasteiger partial charge in [0.15, 0.2) is 5.13 Å². The number of rotatable bonds is 7. The molecule has 162 valence electrons. The molecule has 1 unspecified atom stereocenters. The molecule has 0 bridgehead atoms. The van der Waals surface area contributed by atoms with Crippen LogP contribution in [0.25, 0.3) is 11.4 Å². The van der Waals surface area contributed by atoms with Crippen LogP contribution in [0.4, 0.5) is 9.52 Å². The molecule has 0 saturated heterocycles. The summed E-state index contributed by atoms with van der Waals surface area (Å²) in [5.41, 5.74) is 1.66. The average molecular weight is 451 g/mol. The van der Waals surface area contributed by atoms with Gasteiger partial charge in [-0.15, -0.1) is 11.3 Å². The van der Waals surface area contributed by atoms with Crippen LogP contribution < -0.4 is 10.6 Å². The van der Waals surface area contributed by atoms with Gasteiger partial charge in [0.25, 0.3) is 5.91 Å². The Morgan fingerprint density at radius 1 is 1.09 bits per heavy atom. The lowest BCUT2D eigenvalue weighted by Crippen LogP contribution is -2.28. The summed E-state index contributed by atoms with van der Waals surface area (Å²) in [6, 6.07) is 14.0. The van der Waals surface area contributed by atoms with Crippen molar-refractivity contribution in [1.82, 2.24) is 20.4 Å². The Morgan fingerprint density at radius 2 is 1.84 bits per heavy atom.